The molecule has 13 nitrogen and oxygen atoms in total. The molecule has 1 aliphatic heterocycles. The van der Waals surface area contributed by atoms with Gasteiger partial charge in [-0.3, -0.25) is 19.5 Å². The van der Waals surface area contributed by atoms with Crippen LogP contribution in [0.25, 0.3) is 11.6 Å². The molecule has 0 aliphatic carbocycles. The van der Waals surface area contributed by atoms with Crippen molar-refractivity contribution in [1.82, 2.24) is 23.9 Å². The van der Waals surface area contributed by atoms with Gasteiger partial charge in [0, 0.05) is 56.2 Å². The van der Waals surface area contributed by atoms with Crippen LogP contribution < -0.4 is 9.62 Å². The molecule has 14 heteroatoms. The summed E-state index contributed by atoms with van der Waals surface area (Å²) in [4.78, 5) is 34.3. The number of pyridine rings is 1. The summed E-state index contributed by atoms with van der Waals surface area (Å²) >= 11 is 0. The van der Waals surface area contributed by atoms with Crippen LogP contribution in [0.2, 0.25) is 0 Å². The number of aliphatic carboxylic acids is 1. The average molecular weight is 578 g/mol. The van der Waals surface area contributed by atoms with E-state index in [9.17, 15) is 18.0 Å². The highest BCUT2D eigenvalue weighted by atomic mass is 32.2. The number of amides is 1. The van der Waals surface area contributed by atoms with Crippen LogP contribution in [0.4, 0.5) is 5.69 Å². The van der Waals surface area contributed by atoms with Crippen molar-refractivity contribution in [1.29, 1.82) is 5.26 Å². The fourth-order valence-electron chi connectivity index (χ4n) is 3.89. The Bertz CT molecular complexity index is 1630. The minimum absolute atomic E-state index is 0.0926. The normalized spacial score (nSPS) is 14.4. The fraction of sp³-hybridized carbons (Fsp3) is 0.296. The second-order valence-electron chi connectivity index (χ2n) is 9.16. The molecule has 0 radical (unpaired) electrons. The summed E-state index contributed by atoms with van der Waals surface area (Å²) in [7, 11) is -2.51. The number of likely N-dealkylation sites (N-methyl/N-ethyl adjacent to an activating group) is 1. The number of benzene rings is 1. The highest BCUT2D eigenvalue weighted by Gasteiger charge is 2.29. The van der Waals surface area contributed by atoms with Crippen LogP contribution in [0.15, 0.2) is 53.2 Å². The van der Waals surface area contributed by atoms with E-state index in [4.69, 9.17) is 14.8 Å². The van der Waals surface area contributed by atoms with Crippen molar-refractivity contribution in [3.05, 3.63) is 65.7 Å². The van der Waals surface area contributed by atoms with Gasteiger partial charge in [-0.25, -0.2) is 4.98 Å². The maximum Gasteiger partial charge on any atom is 0.321 e. The summed E-state index contributed by atoms with van der Waals surface area (Å²) in [5.74, 6) is 5.09. The first kappa shape index (κ1) is 29.2. The minimum atomic E-state index is -3.89. The van der Waals surface area contributed by atoms with E-state index < -0.39 is 28.1 Å². The molecule has 212 valence electrons. The average Bonchev–Trinajstić information content (AvgIpc) is 3.44. The van der Waals surface area contributed by atoms with Crippen LogP contribution in [0.1, 0.15) is 23.8 Å². The maximum absolute atomic E-state index is 12.4. The van der Waals surface area contributed by atoms with Gasteiger partial charge in [0.25, 0.3) is 10.2 Å². The Morgan fingerprint density at radius 1 is 1.12 bits per heavy atom. The Morgan fingerprint density at radius 3 is 2.46 bits per heavy atom. The highest BCUT2D eigenvalue weighted by molar-refractivity contribution is 7.87. The monoisotopic (exact) mass is 577 g/mol. The number of nitriles is 1. The summed E-state index contributed by atoms with van der Waals surface area (Å²) in [5, 5.41) is 17.8. The molecule has 0 bridgehead atoms. The maximum atomic E-state index is 12.4. The van der Waals surface area contributed by atoms with E-state index in [1.165, 1.54) is 24.5 Å². The van der Waals surface area contributed by atoms with Gasteiger partial charge in [0.05, 0.1) is 12.6 Å². The van der Waals surface area contributed by atoms with Crippen LogP contribution in [0.5, 0.6) is 0 Å². The van der Waals surface area contributed by atoms with Crippen molar-refractivity contribution in [3.8, 4) is 29.6 Å². The number of carbonyl (C=O) groups is 2. The lowest BCUT2D eigenvalue weighted by Gasteiger charge is -2.35. The molecule has 3 heterocycles. The van der Waals surface area contributed by atoms with Crippen molar-refractivity contribution in [2.75, 3.05) is 38.1 Å². The predicted octanol–water partition coefficient (Wildman–Crippen LogP) is 1.05. The number of rotatable bonds is 8. The number of hydrogen-bond acceptors (Lipinski definition) is 9. The Hall–Kier alpha value is -4.76. The molecule has 1 aromatic carbocycles. The predicted molar refractivity (Wildman–Crippen MR) is 147 cm³/mol. The number of oxazole rings is 1. The molecule has 4 rings (SSSR count). The lowest BCUT2D eigenvalue weighted by atomic mass is 10.1. The molecule has 0 saturated carbocycles. The Labute approximate surface area is 237 Å². The first-order valence-electron chi connectivity index (χ1n) is 12.5. The fourth-order valence-corrected chi connectivity index (χ4v) is 5.23. The molecule has 1 atom stereocenters. The second kappa shape index (κ2) is 12.6. The molecule has 0 spiro atoms. The van der Waals surface area contributed by atoms with Gasteiger partial charge in [0.1, 0.15) is 17.5 Å². The SMILES string of the molecule is C[C@@H](NS(=O)(=O)N1CCN(c2ccc(C#Cc3ccnc(-c4ncc(CC(=O)N(C)C#N)o4)c3)cc2)CC1)C(=O)O. The molecule has 1 aliphatic rings. The van der Waals surface area contributed by atoms with Crippen molar-refractivity contribution < 1.29 is 27.5 Å². The van der Waals surface area contributed by atoms with Gasteiger partial charge in [-0.15, -0.1) is 0 Å². The Morgan fingerprint density at radius 2 is 1.80 bits per heavy atom. The molecular formula is C27H27N7O6S. The van der Waals surface area contributed by atoms with Crippen LogP contribution in [-0.2, 0) is 26.2 Å². The zero-order valence-corrected chi connectivity index (χ0v) is 23.1. The van der Waals surface area contributed by atoms with Gasteiger partial charge in [0.2, 0.25) is 11.8 Å². The largest absolute Gasteiger partial charge is 0.480 e. The number of carboxylic acids is 1. The molecule has 1 fully saturated rings. The number of hydrogen-bond donors (Lipinski definition) is 2. The number of nitrogens with zero attached hydrogens (tertiary/aromatic N) is 6. The number of anilines is 1. The molecule has 41 heavy (non-hydrogen) atoms. The summed E-state index contributed by atoms with van der Waals surface area (Å²) in [6.07, 6.45) is 4.66. The molecule has 2 aromatic heterocycles. The van der Waals surface area contributed by atoms with Gasteiger partial charge < -0.3 is 14.4 Å². The first-order valence-corrected chi connectivity index (χ1v) is 13.9. The molecule has 1 saturated heterocycles. The molecule has 3 aromatic rings. The first-order chi connectivity index (χ1) is 19.6. The Balaban J connectivity index is 1.36. The summed E-state index contributed by atoms with van der Waals surface area (Å²) in [6, 6.07) is 9.84. The number of aromatic nitrogens is 2. The zero-order chi connectivity index (χ0) is 29.6. The lowest BCUT2D eigenvalue weighted by Crippen LogP contribution is -2.54. The van der Waals surface area contributed by atoms with Gasteiger partial charge in [-0.1, -0.05) is 11.8 Å². The van der Waals surface area contributed by atoms with E-state index in [0.29, 0.717) is 30.1 Å². The molecule has 0 unspecified atom stereocenters. The Kier molecular flexibility index (Phi) is 8.99. The number of carboxylic acid groups (broad SMARTS) is 1. The van der Waals surface area contributed by atoms with E-state index in [2.05, 4.69) is 31.4 Å². The van der Waals surface area contributed by atoms with E-state index in [1.807, 2.05) is 24.3 Å². The van der Waals surface area contributed by atoms with E-state index in [0.717, 1.165) is 16.2 Å². The quantitative estimate of drug-likeness (QED) is 0.224. The zero-order valence-electron chi connectivity index (χ0n) is 22.3. The second-order valence-corrected chi connectivity index (χ2v) is 10.9. The smallest absolute Gasteiger partial charge is 0.321 e. The number of nitrogens with one attached hydrogen (secondary N) is 1. The number of carbonyl (C=O) groups excluding carboxylic acids is 1. The number of piperazine rings is 1. The van der Waals surface area contributed by atoms with E-state index in [-0.39, 0.29) is 25.4 Å². The third kappa shape index (κ3) is 7.46. The van der Waals surface area contributed by atoms with Crippen LogP contribution in [-0.4, -0.2) is 83.8 Å². The van der Waals surface area contributed by atoms with Gasteiger partial charge in [-0.2, -0.15) is 22.7 Å². The third-order valence-corrected chi connectivity index (χ3v) is 7.94. The van der Waals surface area contributed by atoms with Crippen molar-refractivity contribution in [2.24, 2.45) is 0 Å². The molecule has 2 N–H and O–H groups in total. The molecule has 1 amide bonds. The van der Waals surface area contributed by atoms with E-state index in [1.54, 1.807) is 24.5 Å². The van der Waals surface area contributed by atoms with Crippen LogP contribution in [0, 0.1) is 23.3 Å². The van der Waals surface area contributed by atoms with Crippen molar-refractivity contribution >= 4 is 27.8 Å². The topological polar surface area (TPSA) is 173 Å². The van der Waals surface area contributed by atoms with Gasteiger partial charge in [0.15, 0.2) is 6.19 Å². The van der Waals surface area contributed by atoms with E-state index >= 15 is 0 Å². The summed E-state index contributed by atoms with van der Waals surface area (Å²) < 4.78 is 33.9. The van der Waals surface area contributed by atoms with Crippen molar-refractivity contribution in [3.63, 3.8) is 0 Å². The van der Waals surface area contributed by atoms with Gasteiger partial charge in [-0.05, 0) is 43.3 Å². The standard InChI is InChI=1S/C27H27N7O6S/c1-19(27(36)37)31-41(38,39)34-13-11-33(12-14-34)22-7-5-20(6-8-22)3-4-21-9-10-29-24(15-21)26-30-17-23(40-26)16-25(35)32(2)18-28/h5-10,15,17,19,31H,11-14,16H2,1-2H3,(H,36,37)/t19-/m1/s1. The molecular weight excluding hydrogens is 550 g/mol. The highest BCUT2D eigenvalue weighted by Crippen LogP contribution is 2.20. The minimum Gasteiger partial charge on any atom is -0.480 e. The van der Waals surface area contributed by atoms with Crippen molar-refractivity contribution in [2.45, 2.75) is 19.4 Å². The lowest BCUT2D eigenvalue weighted by molar-refractivity contribution is -0.138. The summed E-state index contributed by atoms with van der Waals surface area (Å²) in [6.45, 7) is 2.65. The van der Waals surface area contributed by atoms with Crippen LogP contribution in [0.3, 0.4) is 0 Å². The third-order valence-electron chi connectivity index (χ3n) is 6.24. The van der Waals surface area contributed by atoms with Gasteiger partial charge >= 0.3 is 5.97 Å². The summed E-state index contributed by atoms with van der Waals surface area (Å²) in [5.41, 5.74) is 2.83. The van der Waals surface area contributed by atoms with Crippen LogP contribution >= 0.6 is 0 Å².